The van der Waals surface area contributed by atoms with Crippen molar-refractivity contribution in [3.05, 3.63) is 108 Å². The van der Waals surface area contributed by atoms with E-state index in [1.54, 1.807) is 21.7 Å². The molecule has 35 heavy (non-hydrogen) atoms. The summed E-state index contributed by atoms with van der Waals surface area (Å²) in [4.78, 5) is 0. The lowest BCUT2D eigenvalue weighted by Crippen LogP contribution is -2.28. The van der Waals surface area contributed by atoms with E-state index in [1.165, 1.54) is 42.9 Å². The summed E-state index contributed by atoms with van der Waals surface area (Å²) in [5.74, 6) is 0. The third-order valence-electron chi connectivity index (χ3n) is 8.41. The fraction of sp³-hybridized carbons (Fsp3) is 0.333. The molecule has 0 spiro atoms. The van der Waals surface area contributed by atoms with Crippen molar-refractivity contribution in [3.8, 4) is 0 Å². The van der Waals surface area contributed by atoms with Gasteiger partial charge in [0.15, 0.2) is 0 Å². The summed E-state index contributed by atoms with van der Waals surface area (Å²) in [6, 6.07) is 37.3. The Hall–Kier alpha value is -2.00. The van der Waals surface area contributed by atoms with Crippen LogP contribution < -0.4 is 10.6 Å². The highest BCUT2D eigenvalue weighted by molar-refractivity contribution is 7.73. The van der Waals surface area contributed by atoms with E-state index in [0.29, 0.717) is 11.3 Å². The molecule has 2 fully saturated rings. The molecule has 2 aliphatic heterocycles. The molecule has 0 saturated carbocycles. The lowest BCUT2D eigenvalue weighted by Gasteiger charge is -2.33. The minimum atomic E-state index is -0.357. The Kier molecular flexibility index (Phi) is 6.80. The van der Waals surface area contributed by atoms with Crippen LogP contribution >= 0.6 is 15.8 Å². The molecule has 0 nitrogen and oxygen atoms in total. The summed E-state index contributed by atoms with van der Waals surface area (Å²) in [5.41, 5.74) is 6.10. The van der Waals surface area contributed by atoms with Crippen LogP contribution in [0.25, 0.3) is 10.8 Å². The first-order valence-electron chi connectivity index (χ1n) is 13.4. The summed E-state index contributed by atoms with van der Waals surface area (Å²) < 4.78 is 0. The lowest BCUT2D eigenvalue weighted by molar-refractivity contribution is 0.726. The van der Waals surface area contributed by atoms with E-state index in [-0.39, 0.29) is 15.8 Å². The monoisotopic (exact) mass is 494 g/mol. The number of hydrogen-bond donors (Lipinski definition) is 0. The number of fused-ring (bicyclic) bond motifs is 1. The topological polar surface area (TPSA) is 0 Å². The van der Waals surface area contributed by atoms with Crippen molar-refractivity contribution in [3.63, 3.8) is 0 Å². The van der Waals surface area contributed by atoms with Crippen molar-refractivity contribution in [1.82, 2.24) is 0 Å². The van der Waals surface area contributed by atoms with Crippen molar-refractivity contribution in [1.29, 1.82) is 0 Å². The summed E-state index contributed by atoms with van der Waals surface area (Å²) in [6.45, 7) is 4.98. The molecular weight excluding hydrogens is 458 g/mol. The minimum Gasteiger partial charge on any atom is -0.0685 e. The van der Waals surface area contributed by atoms with Gasteiger partial charge in [-0.05, 0) is 88.1 Å². The van der Waals surface area contributed by atoms with E-state index in [0.717, 1.165) is 11.3 Å². The molecule has 0 radical (unpaired) electrons. The van der Waals surface area contributed by atoms with Gasteiger partial charge in [-0.2, -0.15) is 0 Å². The largest absolute Gasteiger partial charge is 0.0685 e. The molecule has 2 saturated heterocycles. The number of rotatable bonds is 5. The first-order valence-corrected chi connectivity index (χ1v) is 16.4. The zero-order valence-electron chi connectivity index (χ0n) is 21.0. The lowest BCUT2D eigenvalue weighted by atomic mass is 10.0. The molecule has 0 aliphatic carbocycles. The molecule has 0 amide bonds. The van der Waals surface area contributed by atoms with Crippen LogP contribution in [-0.4, -0.2) is 11.3 Å². The highest BCUT2D eigenvalue weighted by Crippen LogP contribution is 2.70. The van der Waals surface area contributed by atoms with Gasteiger partial charge in [-0.1, -0.05) is 115 Å². The third kappa shape index (κ3) is 4.39. The van der Waals surface area contributed by atoms with Crippen LogP contribution in [0.15, 0.2) is 97.1 Å². The molecule has 2 heteroatoms. The molecule has 2 heterocycles. The molecule has 0 aromatic heterocycles. The van der Waals surface area contributed by atoms with E-state index in [2.05, 4.69) is 111 Å². The number of benzene rings is 4. The Labute approximate surface area is 213 Å². The van der Waals surface area contributed by atoms with Crippen molar-refractivity contribution < 1.29 is 0 Å². The fourth-order valence-electron chi connectivity index (χ4n) is 6.69. The van der Waals surface area contributed by atoms with E-state index in [9.17, 15) is 0 Å². The van der Waals surface area contributed by atoms with Crippen molar-refractivity contribution in [2.45, 2.75) is 68.6 Å². The maximum atomic E-state index is 2.65. The van der Waals surface area contributed by atoms with Crippen LogP contribution in [0.4, 0.5) is 0 Å². The maximum Gasteiger partial charge on any atom is 0.00880 e. The van der Waals surface area contributed by atoms with Gasteiger partial charge in [-0.3, -0.25) is 0 Å². The second-order valence-corrected chi connectivity index (χ2v) is 15.9. The first-order chi connectivity index (χ1) is 17.2. The van der Waals surface area contributed by atoms with Crippen LogP contribution in [0.2, 0.25) is 0 Å². The minimum absolute atomic E-state index is 0.135. The fourth-order valence-corrected chi connectivity index (χ4v) is 14.4. The highest BCUT2D eigenvalue weighted by atomic mass is 31.1. The van der Waals surface area contributed by atoms with Gasteiger partial charge in [0, 0.05) is 11.3 Å². The standard InChI is InChI=1S/C33H36P2/c1-3-29-19-18-24(2)34(29)32-22-27-16-10-11-17-28(27)23-33(32)35-30(25-12-6-4-7-13-25)20-21-31(35)26-14-8-5-9-15-26/h4-17,22-24,29-31H,3,18-21H2,1-2H3/t24-,29-,30+,31+,34?/m1/s1. The smallest absolute Gasteiger partial charge is 0.00880 e. The Morgan fingerprint density at radius 1 is 0.600 bits per heavy atom. The van der Waals surface area contributed by atoms with Gasteiger partial charge in [0.25, 0.3) is 0 Å². The summed E-state index contributed by atoms with van der Waals surface area (Å²) >= 11 is 0. The first kappa shape index (κ1) is 23.4. The van der Waals surface area contributed by atoms with Crippen molar-refractivity contribution >= 4 is 37.2 Å². The van der Waals surface area contributed by atoms with Gasteiger partial charge in [-0.15, -0.1) is 0 Å². The second kappa shape index (κ2) is 10.2. The molecule has 0 bridgehead atoms. The number of hydrogen-bond acceptors (Lipinski definition) is 0. The Morgan fingerprint density at radius 2 is 1.09 bits per heavy atom. The molecule has 1 unspecified atom stereocenters. The van der Waals surface area contributed by atoms with Gasteiger partial charge < -0.3 is 0 Å². The molecule has 4 aromatic rings. The predicted octanol–water partition coefficient (Wildman–Crippen LogP) is 9.29. The zero-order chi connectivity index (χ0) is 23.8. The summed E-state index contributed by atoms with van der Waals surface area (Å²) in [5, 5.41) is 6.35. The van der Waals surface area contributed by atoms with Crippen LogP contribution in [-0.2, 0) is 0 Å². The van der Waals surface area contributed by atoms with Gasteiger partial charge in [-0.25, -0.2) is 0 Å². The Morgan fingerprint density at radius 3 is 1.60 bits per heavy atom. The van der Waals surface area contributed by atoms with E-state index in [1.807, 2.05) is 0 Å². The van der Waals surface area contributed by atoms with Crippen LogP contribution in [0, 0.1) is 0 Å². The van der Waals surface area contributed by atoms with Crippen molar-refractivity contribution in [2.75, 3.05) is 0 Å². The predicted molar refractivity (Wildman–Crippen MR) is 157 cm³/mol. The quantitative estimate of drug-likeness (QED) is 0.243. The molecule has 0 N–H and O–H groups in total. The van der Waals surface area contributed by atoms with Gasteiger partial charge in [0.05, 0.1) is 0 Å². The normalized spacial score (nSPS) is 27.0. The molecule has 178 valence electrons. The SMILES string of the molecule is CC[C@@H]1CC[C@@H](C)P1c1cc2ccccc2cc1P1[C@H](c2ccccc2)CC[C@H]1c1ccccc1. The summed E-state index contributed by atoms with van der Waals surface area (Å²) in [6.07, 6.45) is 6.74. The van der Waals surface area contributed by atoms with E-state index < -0.39 is 0 Å². The maximum absolute atomic E-state index is 2.65. The zero-order valence-corrected chi connectivity index (χ0v) is 22.8. The van der Waals surface area contributed by atoms with E-state index >= 15 is 0 Å². The molecular formula is C33H36P2. The summed E-state index contributed by atoms with van der Waals surface area (Å²) in [7, 11) is -0.491. The molecule has 4 aromatic carbocycles. The Balaban J connectivity index is 1.57. The van der Waals surface area contributed by atoms with Crippen LogP contribution in [0.3, 0.4) is 0 Å². The average Bonchev–Trinajstić information content (AvgIpc) is 3.52. The van der Waals surface area contributed by atoms with Crippen LogP contribution in [0.5, 0.6) is 0 Å². The van der Waals surface area contributed by atoms with Gasteiger partial charge in [0.2, 0.25) is 0 Å². The van der Waals surface area contributed by atoms with Crippen molar-refractivity contribution in [2.24, 2.45) is 0 Å². The van der Waals surface area contributed by atoms with Gasteiger partial charge >= 0.3 is 0 Å². The highest BCUT2D eigenvalue weighted by Gasteiger charge is 2.42. The van der Waals surface area contributed by atoms with E-state index in [4.69, 9.17) is 0 Å². The average molecular weight is 495 g/mol. The van der Waals surface area contributed by atoms with Crippen LogP contribution in [0.1, 0.15) is 68.4 Å². The Bertz CT molecular complexity index is 1240. The second-order valence-electron chi connectivity index (χ2n) is 10.4. The van der Waals surface area contributed by atoms with Gasteiger partial charge in [0.1, 0.15) is 0 Å². The molecule has 5 atom stereocenters. The molecule has 6 rings (SSSR count). The third-order valence-corrected chi connectivity index (χ3v) is 15.5. The molecule has 2 aliphatic rings.